The van der Waals surface area contributed by atoms with E-state index in [0.29, 0.717) is 5.84 Å². The van der Waals surface area contributed by atoms with Gasteiger partial charge in [0, 0.05) is 19.6 Å². The number of nitrogens with one attached hydrogen (secondary N) is 1. The van der Waals surface area contributed by atoms with E-state index in [2.05, 4.69) is 25.8 Å². The number of nitrogens with zero attached hydrogens (tertiary/aromatic N) is 2. The normalized spacial score (nSPS) is 9.32. The lowest BCUT2D eigenvalue weighted by atomic mass is 10.2. The number of hydrazine groups is 1. The van der Waals surface area contributed by atoms with Gasteiger partial charge in [-0.25, -0.2) is 9.80 Å². The van der Waals surface area contributed by atoms with Gasteiger partial charge >= 0.3 is 5.97 Å². The standard InChI is InChI=1S/C8H19N3.C7H6O3.ClH/c1-5-10(6-2)11(7-3)8(4)9;8-6-4-2-1-3-5(6)7(9)10;/h9H,5-7H2,1-4H3;1-4,8H,(H,9,10);1H. The van der Waals surface area contributed by atoms with Crippen molar-refractivity contribution in [2.24, 2.45) is 0 Å². The summed E-state index contributed by atoms with van der Waals surface area (Å²) in [5.41, 5.74) is -0.0671. The Morgan fingerprint density at radius 2 is 1.64 bits per heavy atom. The molecule has 0 aliphatic carbocycles. The number of rotatable bonds is 5. The number of para-hydroxylation sites is 1. The van der Waals surface area contributed by atoms with Gasteiger partial charge in [0.2, 0.25) is 0 Å². The second kappa shape index (κ2) is 11.8. The SMILES string of the molecule is CCN(CC)N(CC)C(C)=N.Cl.O=C(O)c1ccccc1O. The number of aromatic hydroxyl groups is 1. The molecule has 0 aliphatic rings. The van der Waals surface area contributed by atoms with Crippen LogP contribution < -0.4 is 0 Å². The summed E-state index contributed by atoms with van der Waals surface area (Å²) < 4.78 is 0. The van der Waals surface area contributed by atoms with E-state index in [4.69, 9.17) is 15.6 Å². The van der Waals surface area contributed by atoms with Gasteiger partial charge in [0.1, 0.15) is 17.1 Å². The zero-order chi connectivity index (χ0) is 16.4. The first-order valence-corrected chi connectivity index (χ1v) is 6.97. The van der Waals surface area contributed by atoms with E-state index in [1.165, 1.54) is 12.1 Å². The smallest absolute Gasteiger partial charge is 0.339 e. The van der Waals surface area contributed by atoms with Crippen LogP contribution in [-0.4, -0.2) is 51.7 Å². The molecule has 6 nitrogen and oxygen atoms in total. The predicted octanol–water partition coefficient (Wildman–Crippen LogP) is 3.07. The topological polar surface area (TPSA) is 87.9 Å². The van der Waals surface area contributed by atoms with E-state index >= 15 is 0 Å². The Hall–Kier alpha value is -1.79. The fourth-order valence-corrected chi connectivity index (χ4v) is 1.87. The van der Waals surface area contributed by atoms with E-state index in [0.717, 1.165) is 19.6 Å². The van der Waals surface area contributed by atoms with Crippen molar-refractivity contribution in [3.63, 3.8) is 0 Å². The summed E-state index contributed by atoms with van der Waals surface area (Å²) in [5, 5.41) is 28.9. The summed E-state index contributed by atoms with van der Waals surface area (Å²) in [7, 11) is 0. The summed E-state index contributed by atoms with van der Waals surface area (Å²) in [6.45, 7) is 10.9. The van der Waals surface area contributed by atoms with Crippen molar-refractivity contribution in [2.75, 3.05) is 19.6 Å². The molecule has 0 bridgehead atoms. The Morgan fingerprint density at radius 3 is 1.86 bits per heavy atom. The van der Waals surface area contributed by atoms with E-state index in [1.54, 1.807) is 12.1 Å². The minimum absolute atomic E-state index is 0. The van der Waals surface area contributed by atoms with Gasteiger partial charge in [-0.1, -0.05) is 26.0 Å². The molecule has 1 aromatic rings. The number of carbonyl (C=O) groups is 1. The summed E-state index contributed by atoms with van der Waals surface area (Å²) in [6.07, 6.45) is 0. The molecule has 0 atom stereocenters. The van der Waals surface area contributed by atoms with Crippen molar-refractivity contribution in [3.05, 3.63) is 29.8 Å². The van der Waals surface area contributed by atoms with Crippen LogP contribution in [0.5, 0.6) is 5.75 Å². The lowest BCUT2D eigenvalue weighted by molar-refractivity contribution is 0.0605. The van der Waals surface area contributed by atoms with Gasteiger partial charge in [-0.3, -0.25) is 10.4 Å². The molecule has 0 radical (unpaired) electrons. The van der Waals surface area contributed by atoms with Gasteiger partial charge in [0.05, 0.1) is 0 Å². The van der Waals surface area contributed by atoms with Gasteiger partial charge in [0.25, 0.3) is 0 Å². The third kappa shape index (κ3) is 7.28. The van der Waals surface area contributed by atoms with Crippen LogP contribution in [0.4, 0.5) is 0 Å². The third-order valence-electron chi connectivity index (χ3n) is 2.89. The molecule has 22 heavy (non-hydrogen) atoms. The van der Waals surface area contributed by atoms with Crippen molar-refractivity contribution in [3.8, 4) is 5.75 Å². The minimum atomic E-state index is -1.11. The summed E-state index contributed by atoms with van der Waals surface area (Å²) >= 11 is 0. The molecule has 1 aromatic carbocycles. The third-order valence-corrected chi connectivity index (χ3v) is 2.89. The molecule has 0 saturated carbocycles. The van der Waals surface area contributed by atoms with Crippen LogP contribution in [0.15, 0.2) is 24.3 Å². The minimum Gasteiger partial charge on any atom is -0.507 e. The highest BCUT2D eigenvalue weighted by Crippen LogP contribution is 2.14. The molecule has 0 aliphatic heterocycles. The number of benzene rings is 1. The van der Waals surface area contributed by atoms with E-state index in [1.807, 2.05) is 11.9 Å². The Balaban J connectivity index is 0. The van der Waals surface area contributed by atoms with Crippen LogP contribution >= 0.6 is 12.4 Å². The molecule has 0 aromatic heterocycles. The maximum absolute atomic E-state index is 10.3. The quantitative estimate of drug-likeness (QED) is 0.438. The molecule has 0 heterocycles. The predicted molar refractivity (Wildman–Crippen MR) is 91.0 cm³/mol. The van der Waals surface area contributed by atoms with Crippen LogP contribution in [0.2, 0.25) is 0 Å². The number of carboxylic acid groups (broad SMARTS) is 1. The van der Waals surface area contributed by atoms with Gasteiger partial charge in [-0.05, 0) is 26.0 Å². The summed E-state index contributed by atoms with van der Waals surface area (Å²) in [5.74, 6) is -0.690. The summed E-state index contributed by atoms with van der Waals surface area (Å²) in [4.78, 5) is 10.3. The number of phenols is 1. The van der Waals surface area contributed by atoms with Crippen LogP contribution in [-0.2, 0) is 0 Å². The van der Waals surface area contributed by atoms with Crippen LogP contribution in [0.1, 0.15) is 38.1 Å². The number of amidine groups is 1. The lowest BCUT2D eigenvalue weighted by Crippen LogP contribution is -2.44. The number of hydrogen-bond acceptors (Lipinski definition) is 4. The first-order valence-electron chi connectivity index (χ1n) is 6.97. The average Bonchev–Trinajstić information content (AvgIpc) is 2.45. The molecule has 0 saturated heterocycles. The fraction of sp³-hybridized carbons (Fsp3) is 0.467. The van der Waals surface area contributed by atoms with Crippen LogP contribution in [0.3, 0.4) is 0 Å². The van der Waals surface area contributed by atoms with Crippen molar-refractivity contribution < 1.29 is 15.0 Å². The first-order chi connectivity index (χ1) is 9.88. The molecular formula is C15H26ClN3O3. The molecule has 0 spiro atoms. The van der Waals surface area contributed by atoms with Crippen LogP contribution in [0.25, 0.3) is 0 Å². The molecule has 0 amide bonds. The van der Waals surface area contributed by atoms with E-state index in [9.17, 15) is 4.79 Å². The lowest BCUT2D eigenvalue weighted by Gasteiger charge is -2.33. The Morgan fingerprint density at radius 1 is 1.14 bits per heavy atom. The average molecular weight is 332 g/mol. The molecule has 7 heteroatoms. The highest BCUT2D eigenvalue weighted by Gasteiger charge is 2.09. The molecule has 0 fully saturated rings. The second-order valence-electron chi connectivity index (χ2n) is 4.26. The molecule has 126 valence electrons. The Bertz CT molecular complexity index is 465. The highest BCUT2D eigenvalue weighted by atomic mass is 35.5. The maximum atomic E-state index is 10.3. The molecule has 0 unspecified atom stereocenters. The van der Waals surface area contributed by atoms with Crippen molar-refractivity contribution in [2.45, 2.75) is 27.7 Å². The van der Waals surface area contributed by atoms with E-state index < -0.39 is 5.97 Å². The van der Waals surface area contributed by atoms with Crippen molar-refractivity contribution >= 4 is 24.2 Å². The molecule has 1 rings (SSSR count). The van der Waals surface area contributed by atoms with Gasteiger partial charge in [-0.15, -0.1) is 12.4 Å². The maximum Gasteiger partial charge on any atom is 0.339 e. The second-order valence-corrected chi connectivity index (χ2v) is 4.26. The number of hydrogen-bond donors (Lipinski definition) is 3. The molecular weight excluding hydrogens is 306 g/mol. The van der Waals surface area contributed by atoms with E-state index in [-0.39, 0.29) is 23.7 Å². The van der Waals surface area contributed by atoms with Crippen LogP contribution in [0, 0.1) is 5.41 Å². The summed E-state index contributed by atoms with van der Waals surface area (Å²) in [6, 6.07) is 5.81. The Kier molecular flexibility index (Phi) is 12.1. The zero-order valence-electron chi connectivity index (χ0n) is 13.5. The fourth-order valence-electron chi connectivity index (χ4n) is 1.87. The first kappa shape index (κ1) is 22.5. The largest absolute Gasteiger partial charge is 0.507 e. The highest BCUT2D eigenvalue weighted by molar-refractivity contribution is 5.90. The molecule has 3 N–H and O–H groups in total. The van der Waals surface area contributed by atoms with Gasteiger partial charge in [-0.2, -0.15) is 0 Å². The zero-order valence-corrected chi connectivity index (χ0v) is 14.4. The number of halogens is 1. The van der Waals surface area contributed by atoms with Gasteiger partial charge < -0.3 is 10.2 Å². The number of aromatic carboxylic acids is 1. The monoisotopic (exact) mass is 331 g/mol. The van der Waals surface area contributed by atoms with Gasteiger partial charge in [0.15, 0.2) is 0 Å². The van der Waals surface area contributed by atoms with Crippen molar-refractivity contribution in [1.82, 2.24) is 10.0 Å². The van der Waals surface area contributed by atoms with Crippen molar-refractivity contribution in [1.29, 1.82) is 5.41 Å². The number of carboxylic acids is 1. The Labute approximate surface area is 138 Å².